The number of amidine groups is 10. The molecule has 30 nitrogen and oxygen atoms in total. The van der Waals surface area contributed by atoms with Crippen LogP contribution in [0.5, 0.6) is 0 Å². The van der Waals surface area contributed by atoms with Crippen molar-refractivity contribution < 1.29 is 19.3 Å². The third-order valence-electron chi connectivity index (χ3n) is 31.7. The predicted octanol–water partition coefficient (Wildman–Crippen LogP) is 13.1. The molecule has 11 N–H and O–H groups in total. The van der Waals surface area contributed by atoms with Crippen LogP contribution < -0.4 is 28.7 Å². The van der Waals surface area contributed by atoms with Crippen molar-refractivity contribution in [1.82, 2.24) is 53.9 Å². The number of nitrogens with zero attached hydrogens (tertiary/aromatic N) is 21. The molecule has 0 radical (unpaired) electrons. The minimum absolute atomic E-state index is 0.174. The first kappa shape index (κ1) is 102. The normalized spacial score (nSPS) is 27.7. The highest BCUT2D eigenvalue weighted by atomic mass is 35.5. The zero-order valence-electron chi connectivity index (χ0n) is 82.2. The Hall–Kier alpha value is -8.15. The fraction of sp³-hybridized carbons (Fsp3) is 0.615. The average Bonchev–Trinajstić information content (AvgIpc) is 1.56. The number of fused-ring (bicyclic) bond motifs is 1. The number of halogens is 5. The van der Waals surface area contributed by atoms with E-state index in [1.54, 1.807) is 0 Å². The van der Waals surface area contributed by atoms with Gasteiger partial charge < -0.3 is 72.5 Å². The molecule has 0 spiro atoms. The van der Waals surface area contributed by atoms with E-state index in [1.807, 2.05) is 67.8 Å². The molecule has 5 aromatic rings. The number of ether oxygens (including phenoxy) is 3. The Bertz CT molecular complexity index is 5220. The van der Waals surface area contributed by atoms with Gasteiger partial charge >= 0.3 is 0 Å². The lowest BCUT2D eigenvalue weighted by molar-refractivity contribution is -0.176. The summed E-state index contributed by atoms with van der Waals surface area (Å²) in [5.74, 6) is 8.24. The van der Waals surface area contributed by atoms with Gasteiger partial charge in [-0.2, -0.15) is 0 Å². The van der Waals surface area contributed by atoms with E-state index in [-0.39, 0.29) is 23.4 Å². The van der Waals surface area contributed by atoms with Crippen LogP contribution in [0.3, 0.4) is 0 Å². The van der Waals surface area contributed by atoms with Gasteiger partial charge in [-0.15, -0.1) is 51.0 Å². The van der Waals surface area contributed by atoms with Gasteiger partial charge in [0.25, 0.3) is 0 Å². The summed E-state index contributed by atoms with van der Waals surface area (Å²) < 4.78 is 18.3. The summed E-state index contributed by atoms with van der Waals surface area (Å²) in [5.41, 5.74) is 35.2. The first-order chi connectivity index (χ1) is 67.1. The largest absolute Gasteiger partial charge is 0.392 e. The van der Waals surface area contributed by atoms with Gasteiger partial charge in [0.1, 0.15) is 58.4 Å². The Morgan fingerprint density at radius 3 is 0.993 bits per heavy atom. The maximum atomic E-state index is 10.3. The lowest BCUT2D eigenvalue weighted by Crippen LogP contribution is -2.64. The highest BCUT2D eigenvalue weighted by molar-refractivity contribution is 6.31. The van der Waals surface area contributed by atoms with E-state index in [0.717, 1.165) is 255 Å². The molecule has 139 heavy (non-hydrogen) atoms. The quantitative estimate of drug-likeness (QED) is 0.0534. The number of rotatable bonds is 16. The van der Waals surface area contributed by atoms with E-state index in [9.17, 15) is 5.11 Å². The molecule has 3 unspecified atom stereocenters. The Labute approximate surface area is 847 Å². The smallest absolute Gasteiger partial charge is 0.135 e. The van der Waals surface area contributed by atoms with Crippen molar-refractivity contribution in [3.8, 4) is 0 Å². The number of hydrogen-bond acceptors (Lipinski definition) is 30. The molecule has 0 aromatic heterocycles. The summed E-state index contributed by atoms with van der Waals surface area (Å²) in [6.45, 7) is 29.5. The molecule has 0 bridgehead atoms. The van der Waals surface area contributed by atoms with Gasteiger partial charge in [-0.25, -0.2) is 0 Å². The second kappa shape index (κ2) is 47.1. The topological polar surface area (TPSA) is 337 Å². The third-order valence-corrected chi connectivity index (χ3v) is 33.0. The van der Waals surface area contributed by atoms with Crippen LogP contribution >= 0.6 is 58.0 Å². The highest BCUT2D eigenvalue weighted by Gasteiger charge is 2.48. The molecule has 9 atom stereocenters. The summed E-state index contributed by atoms with van der Waals surface area (Å²) in [6.07, 6.45) is 24.9. The molecule has 0 amide bonds. The first-order valence-electron chi connectivity index (χ1n) is 51.1. The molecule has 11 fully saturated rings. The van der Waals surface area contributed by atoms with Crippen molar-refractivity contribution >= 4 is 116 Å². The van der Waals surface area contributed by atoms with Crippen LogP contribution in [0.15, 0.2) is 172 Å². The lowest BCUT2D eigenvalue weighted by atomic mass is 9.86. The third kappa shape index (κ3) is 26.9. The molecule has 0 aliphatic carbocycles. The Kier molecular flexibility index (Phi) is 34.7. The summed E-state index contributed by atoms with van der Waals surface area (Å²) in [5, 5.41) is 55.3. The molecule has 11 saturated heterocycles. The highest BCUT2D eigenvalue weighted by Crippen LogP contribution is 2.40. The molecule has 0 saturated carbocycles. The van der Waals surface area contributed by atoms with Gasteiger partial charge in [-0.1, -0.05) is 119 Å². The summed E-state index contributed by atoms with van der Waals surface area (Å²) in [6, 6.07) is 47.1. The second-order valence-corrected chi connectivity index (χ2v) is 44.1. The van der Waals surface area contributed by atoms with Gasteiger partial charge in [0.05, 0.1) is 68.2 Å². The zero-order chi connectivity index (χ0) is 97.0. The van der Waals surface area contributed by atoms with Gasteiger partial charge in [0.15, 0.2) is 0 Å². The number of piperidine rings is 5. The van der Waals surface area contributed by atoms with Gasteiger partial charge in [-0.05, 0) is 252 Å². The SMILES string of the molecule is CC1(C)OCCN(C2CCN(C3=NN=C(N)C3)CC2)C1Cc1ccc(Cl)cc1.CO[C@@H]1C[C@H](Cc2ccc(Cl)cc2)N(C2CCN(C3=NN=C(N)C3)CC2)C1.C[C@H]1CN(C2CCN(C3=NN=C(N)C3)CC2)C(Cc2ccc(Cl)cc2)C(C)(C)O1.NC1=NN=C(N2CCC(N3C[C@@H]4CCCN4CC3Cc3ccc(Cl)cc3)CC2)C1.NC1=NN=C(N2CCC(N3C[C@H](O)C[C@@H]3Cc3ccc(Cl)cc3)CC2)C1. The molecule has 16 aliphatic heterocycles. The van der Waals surface area contributed by atoms with E-state index in [4.69, 9.17) is 101 Å². The summed E-state index contributed by atoms with van der Waals surface area (Å²) >= 11 is 30.3. The number of aliphatic hydroxyl groups excluding tert-OH is 1. The van der Waals surface area contributed by atoms with Crippen molar-refractivity contribution in [3.05, 3.63) is 174 Å². The van der Waals surface area contributed by atoms with Crippen LogP contribution in [0.25, 0.3) is 0 Å². The molecule has 16 heterocycles. The maximum Gasteiger partial charge on any atom is 0.135 e. The number of methoxy groups -OCH3 is 1. The van der Waals surface area contributed by atoms with E-state index in [2.05, 4.69) is 200 Å². The summed E-state index contributed by atoms with van der Waals surface area (Å²) in [4.78, 5) is 27.9. The van der Waals surface area contributed by atoms with Gasteiger partial charge in [0.2, 0.25) is 0 Å². The minimum Gasteiger partial charge on any atom is -0.392 e. The Balaban J connectivity index is 0.000000120. The molecular weight excluding hydrogens is 1850 g/mol. The fourth-order valence-corrected chi connectivity index (χ4v) is 25.0. The zero-order valence-corrected chi connectivity index (χ0v) is 85.9. The van der Waals surface area contributed by atoms with E-state index in [1.165, 1.54) is 73.1 Å². The van der Waals surface area contributed by atoms with Crippen LogP contribution in [0.1, 0.15) is 184 Å². The number of piperazine rings is 1. The molecule has 5 aromatic carbocycles. The Morgan fingerprint density at radius 1 is 0.338 bits per heavy atom. The van der Waals surface area contributed by atoms with Crippen LogP contribution in [0.4, 0.5) is 0 Å². The summed E-state index contributed by atoms with van der Waals surface area (Å²) in [7, 11) is 1.83. The average molecular weight is 2000 g/mol. The van der Waals surface area contributed by atoms with E-state index in [0.29, 0.717) is 128 Å². The number of β-amino-alcohol motifs (C(OH)–C–C–N with tert-alkyl or cyclic N) is 1. The number of hydrogen-bond donors (Lipinski definition) is 6. The van der Waals surface area contributed by atoms with Crippen LogP contribution in [-0.2, 0) is 46.3 Å². The van der Waals surface area contributed by atoms with Crippen molar-refractivity contribution in [1.29, 1.82) is 0 Å². The fourth-order valence-electron chi connectivity index (χ4n) is 24.4. The molecule has 16 aliphatic rings. The molecule has 35 heteroatoms. The van der Waals surface area contributed by atoms with Crippen molar-refractivity contribution in [3.63, 3.8) is 0 Å². The van der Waals surface area contributed by atoms with Crippen LogP contribution in [0, 0.1) is 0 Å². The Morgan fingerprint density at radius 2 is 0.647 bits per heavy atom. The minimum atomic E-state index is -0.224. The van der Waals surface area contributed by atoms with Gasteiger partial charge in [0, 0.05) is 203 Å². The molecular formula is C104H147Cl5N26O4. The monoisotopic (exact) mass is 2000 g/mol. The van der Waals surface area contributed by atoms with E-state index >= 15 is 0 Å². The standard InChI is InChI=1S/C22H31ClN6.C22H32ClN5O.C21H30ClN5O.C20H28ClN5O.C19H26ClN5O/c23-17-5-3-16(4-6-17)12-20-14-28-9-1-2-19(28)15-29(20)18-7-10-27(11-8-18)22-13-21(24)25-26-22;1-15-14-28(18-8-10-27(11-9-18)21-13-20(24)25-26-21)19(22(2,3)29-15)12-16-4-6-17(23)7-5-16;1-21(2)18(13-15-3-5-16(22)6-4-15)27(11-12-28-21)17-7-9-26(10-8-17)20-14-19(23)24-25-20;1-27-18-11-17(10-14-2-4-15(21)5-3-14)26(13-18)16-6-8-25(9-7-16)20-12-19(22)23-24-20;20-14-3-1-13(2-4-14)9-16-10-17(26)12-25(16)15-5-7-24(8-6-15)19-11-18(21)22-23-19/h3-6,18-20H,1-2,7-15H2,(H2,24,25);4-7,15,18-19H,8-14H2,1-3H3,(H2,24,25);3-6,17-18H,7-14H2,1-2H3,(H2,23,24);2-5,16-18H,6-13H2,1H3,(H2,22,23);1-4,15-17,26H,5-12H2,(H2,21,22)/t19-,20?;15-,19?;;17-,18+;16-,17+/m00.00/s1. The second-order valence-electron chi connectivity index (χ2n) is 41.9. The van der Waals surface area contributed by atoms with E-state index < -0.39 is 0 Å². The number of aliphatic hydroxyl groups is 1. The lowest BCUT2D eigenvalue weighted by Gasteiger charge is -2.53. The number of nitrogens with two attached hydrogens (primary N) is 5. The van der Waals surface area contributed by atoms with Crippen LogP contribution in [0.2, 0.25) is 25.1 Å². The van der Waals surface area contributed by atoms with Crippen LogP contribution in [-0.4, -0.2) is 338 Å². The number of morpholine rings is 2. The van der Waals surface area contributed by atoms with Gasteiger partial charge in [-0.3, -0.25) is 29.4 Å². The van der Waals surface area contributed by atoms with Crippen molar-refractivity contribution in [2.45, 2.75) is 285 Å². The van der Waals surface area contributed by atoms with Crippen molar-refractivity contribution in [2.24, 2.45) is 79.7 Å². The predicted molar refractivity (Wildman–Crippen MR) is 565 cm³/mol. The first-order valence-corrected chi connectivity index (χ1v) is 53.0. The maximum absolute atomic E-state index is 10.3. The number of benzene rings is 5. The molecule has 752 valence electrons. The van der Waals surface area contributed by atoms with Crippen molar-refractivity contribution in [2.75, 3.05) is 125 Å². The number of likely N-dealkylation sites (tertiary alicyclic amines) is 7. The molecule has 21 rings (SSSR count).